The second kappa shape index (κ2) is 7.40. The van der Waals surface area contributed by atoms with Gasteiger partial charge in [0.05, 0.1) is 0 Å². The molecule has 0 saturated carbocycles. The normalized spacial score (nSPS) is 17.3. The van der Waals surface area contributed by atoms with Crippen molar-refractivity contribution in [3.8, 4) is 0 Å². The Morgan fingerprint density at radius 3 is 2.64 bits per heavy atom. The summed E-state index contributed by atoms with van der Waals surface area (Å²) in [4.78, 5) is 11.8. The molecule has 3 aromatic rings. The van der Waals surface area contributed by atoms with Crippen LogP contribution in [0, 0.1) is 0 Å². The molecule has 0 spiro atoms. The minimum absolute atomic E-state index is 1.01. The quantitative estimate of drug-likeness (QED) is 0.707. The van der Waals surface area contributed by atoms with E-state index in [4.69, 9.17) is 4.98 Å². The molecule has 28 heavy (non-hydrogen) atoms. The predicted molar refractivity (Wildman–Crippen MR) is 111 cm³/mol. The van der Waals surface area contributed by atoms with E-state index in [1.165, 1.54) is 22.5 Å². The Hall–Kier alpha value is -2.66. The van der Waals surface area contributed by atoms with Crippen LogP contribution in [-0.2, 0) is 26.4 Å². The molecule has 1 fully saturated rings. The van der Waals surface area contributed by atoms with Gasteiger partial charge in [-0.15, -0.1) is 0 Å². The zero-order chi connectivity index (χ0) is 18.9. The largest absolute Gasteiger partial charge is 0.354 e. The Morgan fingerprint density at radius 2 is 1.82 bits per heavy atom. The van der Waals surface area contributed by atoms with Crippen molar-refractivity contribution in [3.63, 3.8) is 0 Å². The van der Waals surface area contributed by atoms with Crippen molar-refractivity contribution < 1.29 is 0 Å². The molecule has 5 nitrogen and oxygen atoms in total. The minimum Gasteiger partial charge on any atom is -0.354 e. The van der Waals surface area contributed by atoms with Gasteiger partial charge in [0.15, 0.2) is 0 Å². The van der Waals surface area contributed by atoms with Crippen LogP contribution in [0.4, 0.5) is 0 Å². The molecule has 0 atom stereocenters. The van der Waals surface area contributed by atoms with Crippen molar-refractivity contribution in [1.29, 1.82) is 0 Å². The third-order valence-electron chi connectivity index (χ3n) is 6.22. The summed E-state index contributed by atoms with van der Waals surface area (Å²) in [6.45, 7) is 4.33. The van der Waals surface area contributed by atoms with Crippen molar-refractivity contribution in [1.82, 2.24) is 24.0 Å². The van der Waals surface area contributed by atoms with Crippen LogP contribution in [0.2, 0.25) is 0 Å². The molecule has 0 N–H and O–H groups in total. The van der Waals surface area contributed by atoms with Crippen molar-refractivity contribution in [2.75, 3.05) is 19.6 Å². The van der Waals surface area contributed by atoms with Gasteiger partial charge in [-0.2, -0.15) is 0 Å². The molecule has 0 aromatic carbocycles. The number of hydrogen-bond donors (Lipinski definition) is 0. The van der Waals surface area contributed by atoms with E-state index in [1.807, 2.05) is 18.5 Å². The third kappa shape index (κ3) is 3.20. The lowest BCUT2D eigenvalue weighted by Gasteiger charge is -2.29. The zero-order valence-electron chi connectivity index (χ0n) is 16.5. The van der Waals surface area contributed by atoms with E-state index < -0.39 is 0 Å². The first-order valence-corrected chi connectivity index (χ1v) is 10.3. The molecule has 144 valence electrons. The van der Waals surface area contributed by atoms with Crippen molar-refractivity contribution in [2.45, 2.75) is 32.2 Å². The molecule has 5 heteroatoms. The van der Waals surface area contributed by atoms with E-state index in [1.54, 1.807) is 5.57 Å². The summed E-state index contributed by atoms with van der Waals surface area (Å²) in [7, 11) is 2.16. The first-order chi connectivity index (χ1) is 13.8. The fourth-order valence-corrected chi connectivity index (χ4v) is 4.63. The number of likely N-dealkylation sites (tertiary alicyclic amines) is 1. The van der Waals surface area contributed by atoms with Crippen LogP contribution in [0.5, 0.6) is 0 Å². The molecule has 3 aromatic heterocycles. The van der Waals surface area contributed by atoms with Gasteiger partial charge in [0, 0.05) is 93.4 Å². The molecule has 0 radical (unpaired) electrons. The second-order valence-corrected chi connectivity index (χ2v) is 7.87. The lowest BCUT2D eigenvalue weighted by atomic mass is 9.92. The molecule has 0 bridgehead atoms. The first kappa shape index (κ1) is 17.4. The SMILES string of the molecule is Cn1ccc2c1CCn1ccnc1C2=C1CCN(CCc2ccccn2)CC1. The first-order valence-electron chi connectivity index (χ1n) is 10.3. The Kier molecular flexibility index (Phi) is 4.61. The lowest BCUT2D eigenvalue weighted by Crippen LogP contribution is -2.33. The summed E-state index contributed by atoms with van der Waals surface area (Å²) in [6, 6.07) is 8.47. The molecule has 0 amide bonds. The number of imidazole rings is 1. The number of fused-ring (bicyclic) bond motifs is 2. The highest BCUT2D eigenvalue weighted by molar-refractivity contribution is 5.81. The molecule has 5 heterocycles. The number of hydrogen-bond acceptors (Lipinski definition) is 3. The van der Waals surface area contributed by atoms with Gasteiger partial charge < -0.3 is 14.0 Å². The molecule has 0 unspecified atom stereocenters. The van der Waals surface area contributed by atoms with E-state index >= 15 is 0 Å². The maximum Gasteiger partial charge on any atom is 0.140 e. The fraction of sp³-hybridized carbons (Fsp3) is 0.391. The van der Waals surface area contributed by atoms with E-state index in [2.05, 4.69) is 56.7 Å². The van der Waals surface area contributed by atoms with E-state index in [0.717, 1.165) is 57.7 Å². The zero-order valence-corrected chi connectivity index (χ0v) is 16.5. The summed E-state index contributed by atoms with van der Waals surface area (Å²) in [5.74, 6) is 1.15. The monoisotopic (exact) mass is 373 g/mol. The molecular formula is C23H27N5. The maximum absolute atomic E-state index is 4.75. The summed E-state index contributed by atoms with van der Waals surface area (Å²) in [5.41, 5.74) is 6.97. The Morgan fingerprint density at radius 1 is 0.929 bits per heavy atom. The number of rotatable bonds is 3. The average Bonchev–Trinajstić information content (AvgIpc) is 3.30. The number of aryl methyl sites for hydroxylation is 2. The smallest absolute Gasteiger partial charge is 0.140 e. The summed E-state index contributed by atoms with van der Waals surface area (Å²) < 4.78 is 4.61. The van der Waals surface area contributed by atoms with Crippen LogP contribution in [-0.4, -0.2) is 43.6 Å². The Bertz CT molecular complexity index is 985. The van der Waals surface area contributed by atoms with E-state index in [9.17, 15) is 0 Å². The topological polar surface area (TPSA) is 38.9 Å². The van der Waals surface area contributed by atoms with E-state index in [-0.39, 0.29) is 0 Å². The minimum atomic E-state index is 1.01. The van der Waals surface area contributed by atoms with Gasteiger partial charge in [-0.25, -0.2) is 4.98 Å². The van der Waals surface area contributed by atoms with Crippen LogP contribution in [0.25, 0.3) is 5.57 Å². The molecule has 2 aliphatic heterocycles. The number of nitrogens with zero attached hydrogens (tertiary/aromatic N) is 5. The van der Waals surface area contributed by atoms with Gasteiger partial charge in [-0.3, -0.25) is 4.98 Å². The second-order valence-electron chi connectivity index (χ2n) is 7.87. The summed E-state index contributed by atoms with van der Waals surface area (Å²) in [5, 5.41) is 0. The van der Waals surface area contributed by atoms with Crippen molar-refractivity contribution in [2.24, 2.45) is 7.05 Å². The van der Waals surface area contributed by atoms with Crippen LogP contribution in [0.1, 0.15) is 35.6 Å². The van der Waals surface area contributed by atoms with Gasteiger partial charge in [0.2, 0.25) is 0 Å². The number of pyridine rings is 1. The van der Waals surface area contributed by atoms with Crippen LogP contribution in [0.15, 0.2) is 54.6 Å². The summed E-state index contributed by atoms with van der Waals surface area (Å²) >= 11 is 0. The Labute approximate surface area is 166 Å². The lowest BCUT2D eigenvalue weighted by molar-refractivity contribution is 0.259. The van der Waals surface area contributed by atoms with Gasteiger partial charge in [-0.05, 0) is 31.0 Å². The molecule has 5 rings (SSSR count). The summed E-state index contributed by atoms with van der Waals surface area (Å²) in [6.07, 6.45) is 12.5. The predicted octanol–water partition coefficient (Wildman–Crippen LogP) is 3.31. The van der Waals surface area contributed by atoms with Crippen LogP contribution in [0.3, 0.4) is 0 Å². The highest BCUT2D eigenvalue weighted by Gasteiger charge is 2.26. The average molecular weight is 374 g/mol. The van der Waals surface area contributed by atoms with Gasteiger partial charge >= 0.3 is 0 Å². The molecule has 0 aliphatic carbocycles. The van der Waals surface area contributed by atoms with Crippen LogP contribution < -0.4 is 0 Å². The van der Waals surface area contributed by atoms with Gasteiger partial charge in [0.1, 0.15) is 5.82 Å². The highest BCUT2D eigenvalue weighted by Crippen LogP contribution is 2.36. The van der Waals surface area contributed by atoms with Gasteiger partial charge in [-0.1, -0.05) is 11.6 Å². The molecule has 1 saturated heterocycles. The van der Waals surface area contributed by atoms with Crippen molar-refractivity contribution >= 4 is 5.57 Å². The number of aromatic nitrogens is 4. The molecular weight excluding hydrogens is 346 g/mol. The molecule has 2 aliphatic rings. The van der Waals surface area contributed by atoms with Crippen LogP contribution >= 0.6 is 0 Å². The Balaban J connectivity index is 1.38. The maximum atomic E-state index is 4.75. The highest BCUT2D eigenvalue weighted by atomic mass is 15.1. The van der Waals surface area contributed by atoms with Gasteiger partial charge in [0.25, 0.3) is 0 Å². The van der Waals surface area contributed by atoms with Crippen molar-refractivity contribution in [3.05, 3.63) is 77.4 Å². The van der Waals surface area contributed by atoms with E-state index in [0.29, 0.717) is 0 Å². The standard InChI is InChI=1S/C23H27N5/c1-26-12-8-20-21(26)9-16-28-17-11-25-23(28)22(20)18-5-13-27(14-6-18)15-7-19-4-2-3-10-24-19/h2-4,8,10-12,17H,5-7,9,13-16H2,1H3. The third-order valence-corrected chi connectivity index (χ3v) is 6.22. The fourth-order valence-electron chi connectivity index (χ4n) is 4.63. The number of piperidine rings is 1.